The topological polar surface area (TPSA) is 155 Å². The van der Waals surface area contributed by atoms with Crippen LogP contribution in [0.25, 0.3) is 0 Å². The number of hydrogen-bond donors (Lipinski definition) is 2. The van der Waals surface area contributed by atoms with E-state index < -0.39 is 57.8 Å². The molecule has 0 aliphatic heterocycles. The predicted octanol–water partition coefficient (Wildman–Crippen LogP) is 18.3. The highest BCUT2D eigenvalue weighted by molar-refractivity contribution is 7.47. The van der Waals surface area contributed by atoms with Gasteiger partial charge in [0.1, 0.15) is 12.7 Å². The maximum absolute atomic E-state index is 12.9. The summed E-state index contributed by atoms with van der Waals surface area (Å²) in [6.45, 7) is 4.48. The van der Waals surface area contributed by atoms with Gasteiger partial charge in [0.25, 0.3) is 0 Å². The lowest BCUT2D eigenvalue weighted by molar-refractivity contribution is -0.161. The van der Waals surface area contributed by atoms with Crippen molar-refractivity contribution in [2.24, 2.45) is 0 Å². The third-order valence-electron chi connectivity index (χ3n) is 12.8. The van der Waals surface area contributed by atoms with Crippen LogP contribution in [0.2, 0.25) is 0 Å². The van der Waals surface area contributed by atoms with Crippen molar-refractivity contribution in [2.75, 3.05) is 26.4 Å². The zero-order valence-corrected chi connectivity index (χ0v) is 49.3. The maximum atomic E-state index is 12.9. The summed E-state index contributed by atoms with van der Waals surface area (Å²) in [4.78, 5) is 48.6. The van der Waals surface area contributed by atoms with E-state index in [2.05, 4.69) is 106 Å². The molecule has 76 heavy (non-hydrogen) atoms. The van der Waals surface area contributed by atoms with Crippen LogP contribution in [0.1, 0.15) is 265 Å². The first kappa shape index (κ1) is 72.7. The van der Waals surface area contributed by atoms with Crippen LogP contribution in [-0.2, 0) is 42.2 Å². The van der Waals surface area contributed by atoms with Gasteiger partial charge in [-0.15, -0.1) is 0 Å². The molecule has 3 atom stereocenters. The molecule has 0 aliphatic rings. The summed E-state index contributed by atoms with van der Waals surface area (Å²) in [5.74, 6) is -1.50. The maximum Gasteiger partial charge on any atom is 0.472 e. The van der Waals surface area contributed by atoms with Gasteiger partial charge in [-0.3, -0.25) is 23.4 Å². The lowest BCUT2D eigenvalue weighted by Crippen LogP contribution is -2.30. The van der Waals surface area contributed by atoms with Crippen LogP contribution < -0.4 is 0 Å². The minimum absolute atomic E-state index is 0.127. The van der Waals surface area contributed by atoms with E-state index in [0.717, 1.165) is 103 Å². The van der Waals surface area contributed by atoms with Crippen LogP contribution in [0.4, 0.5) is 0 Å². The Morgan fingerprint density at radius 1 is 0.382 bits per heavy atom. The molecule has 0 aromatic rings. The fourth-order valence-corrected chi connectivity index (χ4v) is 8.96. The second kappa shape index (κ2) is 57.8. The van der Waals surface area contributed by atoms with Gasteiger partial charge in [0.15, 0.2) is 6.10 Å². The molecule has 11 nitrogen and oxygen atoms in total. The molecule has 0 heterocycles. The molecule has 0 aromatic heterocycles. The number of phosphoric acid groups is 1. The van der Waals surface area contributed by atoms with Gasteiger partial charge in [0.2, 0.25) is 0 Å². The summed E-state index contributed by atoms with van der Waals surface area (Å²) >= 11 is 0. The number of hydrogen-bond acceptors (Lipinski definition) is 10. The molecule has 0 radical (unpaired) electrons. The van der Waals surface area contributed by atoms with Crippen LogP contribution in [0.3, 0.4) is 0 Å². The van der Waals surface area contributed by atoms with E-state index >= 15 is 0 Å². The number of carbonyl (C=O) groups is 3. The number of unbranched alkanes of at least 4 members (excludes halogenated alkanes) is 25. The second-order valence-electron chi connectivity index (χ2n) is 20.1. The highest BCUT2D eigenvalue weighted by Crippen LogP contribution is 2.43. The van der Waals surface area contributed by atoms with Crippen molar-refractivity contribution in [2.45, 2.75) is 277 Å². The van der Waals surface area contributed by atoms with Gasteiger partial charge in [-0.1, -0.05) is 234 Å². The first-order chi connectivity index (χ1) is 37.2. The largest absolute Gasteiger partial charge is 0.472 e. The van der Waals surface area contributed by atoms with Crippen LogP contribution >= 0.6 is 7.82 Å². The summed E-state index contributed by atoms with van der Waals surface area (Å²) in [6, 6.07) is 0. The van der Waals surface area contributed by atoms with Gasteiger partial charge >= 0.3 is 25.7 Å². The Bertz CT molecular complexity index is 1600. The molecule has 0 saturated carbocycles. The van der Waals surface area contributed by atoms with E-state index in [1.54, 1.807) is 0 Å². The Morgan fingerprint density at radius 2 is 0.684 bits per heavy atom. The van der Waals surface area contributed by atoms with E-state index in [1.165, 1.54) is 103 Å². The highest BCUT2D eigenvalue weighted by atomic mass is 31.2. The molecular formula is C64H111O11P. The van der Waals surface area contributed by atoms with Crippen LogP contribution in [0.15, 0.2) is 85.1 Å². The molecule has 2 N–H and O–H groups in total. The fraction of sp³-hybridized carbons (Fsp3) is 0.734. The SMILES string of the molecule is CC/C=C\C/C=C\C/C=C\C/C=C\C/C=C\CCCCCC(=O)OC(COC(=O)CCCCCCCCCCCCC)COP(=O)(O)OCC(CO)OC(=O)CCCCCCCCCCC/C=C\C/C=C\CCCCC. The minimum Gasteiger partial charge on any atom is -0.462 e. The van der Waals surface area contributed by atoms with Gasteiger partial charge in [-0.05, 0) is 96.3 Å². The average molecular weight is 1090 g/mol. The lowest BCUT2D eigenvalue weighted by Gasteiger charge is -2.21. The standard InChI is InChI=1S/C64H111O11P/c1-4-7-10-13-16-19-22-24-26-28-30-32-34-36-39-42-45-48-51-54-63(67)74-60(56-65)58-72-76(69,70)73-59-61(57-71-62(66)53-50-47-44-41-38-21-18-15-12-9-6-3)75-64(68)55-52-49-46-43-40-37-35-33-31-29-27-25-23-20-17-14-11-8-5-2/h8,11,16-17,19-20,24-27,31,33,37,40,60-61,65H,4-7,9-10,12-15,18,21-23,28-30,32,34-36,38-39,41-59H2,1-3H3,(H,69,70)/b11-8-,19-16-,20-17-,26-24-,27-25-,33-31-,40-37-. The van der Waals surface area contributed by atoms with E-state index in [4.69, 9.17) is 23.3 Å². The van der Waals surface area contributed by atoms with E-state index in [9.17, 15) is 28.9 Å². The Labute approximate surface area is 464 Å². The molecule has 0 rings (SSSR count). The van der Waals surface area contributed by atoms with Crippen molar-refractivity contribution in [3.8, 4) is 0 Å². The summed E-state index contributed by atoms with van der Waals surface area (Å²) in [5.41, 5.74) is 0. The van der Waals surface area contributed by atoms with Gasteiger partial charge in [-0.25, -0.2) is 4.57 Å². The molecule has 0 spiro atoms. The summed E-state index contributed by atoms with van der Waals surface area (Å²) in [7, 11) is -4.76. The number of ether oxygens (including phenoxy) is 3. The number of rotatable bonds is 56. The fourth-order valence-electron chi connectivity index (χ4n) is 8.18. The molecule has 0 fully saturated rings. The lowest BCUT2D eigenvalue weighted by atomic mass is 10.1. The third-order valence-corrected chi connectivity index (χ3v) is 13.8. The van der Waals surface area contributed by atoms with Crippen LogP contribution in [0.5, 0.6) is 0 Å². The quantitative estimate of drug-likeness (QED) is 0.0197. The molecular weight excluding hydrogens is 976 g/mol. The zero-order valence-electron chi connectivity index (χ0n) is 48.5. The predicted molar refractivity (Wildman–Crippen MR) is 316 cm³/mol. The third kappa shape index (κ3) is 55.4. The second-order valence-corrected chi connectivity index (χ2v) is 21.6. The number of aliphatic hydroxyl groups excluding tert-OH is 1. The first-order valence-corrected chi connectivity index (χ1v) is 32.0. The number of carbonyl (C=O) groups excluding carboxylic acids is 3. The summed E-state index contributed by atoms with van der Waals surface area (Å²) in [6.07, 6.45) is 66.8. The van der Waals surface area contributed by atoms with Gasteiger partial charge in [0.05, 0.1) is 19.8 Å². The summed E-state index contributed by atoms with van der Waals surface area (Å²) < 4.78 is 39.5. The zero-order chi connectivity index (χ0) is 55.5. The van der Waals surface area contributed by atoms with Crippen LogP contribution in [-0.4, -0.2) is 66.5 Å². The number of aliphatic hydroxyl groups is 1. The number of phosphoric ester groups is 1. The van der Waals surface area contributed by atoms with Crippen molar-refractivity contribution in [1.29, 1.82) is 0 Å². The van der Waals surface area contributed by atoms with E-state index in [-0.39, 0.29) is 25.9 Å². The van der Waals surface area contributed by atoms with Crippen molar-refractivity contribution in [3.63, 3.8) is 0 Å². The van der Waals surface area contributed by atoms with Gasteiger partial charge in [-0.2, -0.15) is 0 Å². The van der Waals surface area contributed by atoms with Crippen molar-refractivity contribution in [1.82, 2.24) is 0 Å². The Kier molecular flexibility index (Phi) is 55.3. The Morgan fingerprint density at radius 3 is 1.09 bits per heavy atom. The molecule has 438 valence electrons. The first-order valence-electron chi connectivity index (χ1n) is 30.5. The average Bonchev–Trinajstić information content (AvgIpc) is 3.41. The van der Waals surface area contributed by atoms with Crippen LogP contribution in [0, 0.1) is 0 Å². The summed E-state index contributed by atoms with van der Waals surface area (Å²) in [5, 5.41) is 9.84. The molecule has 3 unspecified atom stereocenters. The molecule has 12 heteroatoms. The number of esters is 3. The molecule has 0 saturated heterocycles. The minimum atomic E-state index is -4.76. The normalized spacial score (nSPS) is 13.9. The van der Waals surface area contributed by atoms with Crippen molar-refractivity contribution < 1.29 is 52.2 Å². The van der Waals surface area contributed by atoms with Gasteiger partial charge < -0.3 is 24.2 Å². The van der Waals surface area contributed by atoms with Crippen molar-refractivity contribution >= 4 is 25.7 Å². The monoisotopic (exact) mass is 1090 g/mol. The molecule has 0 amide bonds. The highest BCUT2D eigenvalue weighted by Gasteiger charge is 2.28. The smallest absolute Gasteiger partial charge is 0.462 e. The van der Waals surface area contributed by atoms with Gasteiger partial charge in [0, 0.05) is 19.3 Å². The number of allylic oxidation sites excluding steroid dienone is 14. The van der Waals surface area contributed by atoms with E-state index in [0.29, 0.717) is 19.3 Å². The molecule has 0 bridgehead atoms. The Hall–Kier alpha value is -3.34. The molecule has 0 aromatic carbocycles. The van der Waals surface area contributed by atoms with Crippen molar-refractivity contribution in [3.05, 3.63) is 85.1 Å². The van der Waals surface area contributed by atoms with E-state index in [1.807, 2.05) is 0 Å². The molecule has 0 aliphatic carbocycles. The Balaban J connectivity index is 4.69.